The molecule has 0 heterocycles. The molecule has 0 saturated heterocycles. The fourth-order valence-electron chi connectivity index (χ4n) is 1.86. The van der Waals surface area contributed by atoms with Gasteiger partial charge in [-0.25, -0.2) is 0 Å². The van der Waals surface area contributed by atoms with Crippen LogP contribution in [0.3, 0.4) is 0 Å². The number of methoxy groups -OCH3 is 1. The lowest BCUT2D eigenvalue weighted by Crippen LogP contribution is -2.23. The summed E-state index contributed by atoms with van der Waals surface area (Å²) in [6.07, 6.45) is 6.92. The number of rotatable bonds is 6. The van der Waals surface area contributed by atoms with E-state index in [-0.39, 0.29) is 0 Å². The first-order valence-corrected chi connectivity index (χ1v) is 5.13. The lowest BCUT2D eigenvalue weighted by molar-refractivity contribution is 0.194. The Bertz CT molecular complexity index is 100. The molecule has 1 N–H and O–H groups in total. The van der Waals surface area contributed by atoms with Crippen LogP contribution in [0, 0.1) is 5.92 Å². The molecular weight excluding hydrogens is 150 g/mol. The number of nitrogens with one attached hydrogen (secondary N) is 1. The van der Waals surface area contributed by atoms with Crippen molar-refractivity contribution in [3.05, 3.63) is 0 Å². The molecule has 1 rings (SSSR count). The van der Waals surface area contributed by atoms with Gasteiger partial charge in [0, 0.05) is 13.7 Å². The lowest BCUT2D eigenvalue weighted by Gasteiger charge is -2.09. The van der Waals surface area contributed by atoms with E-state index in [1.54, 1.807) is 7.11 Å². The molecule has 1 aliphatic rings. The molecule has 72 valence electrons. The molecule has 1 aliphatic carbocycles. The highest BCUT2D eigenvalue weighted by molar-refractivity contribution is 4.69. The first-order valence-electron chi connectivity index (χ1n) is 5.13. The summed E-state index contributed by atoms with van der Waals surface area (Å²) in [6, 6.07) is 0. The highest BCUT2D eigenvalue weighted by Gasteiger charge is 2.13. The first kappa shape index (κ1) is 10.0. The Balaban J connectivity index is 1.81. The number of hydrogen-bond donors (Lipinski definition) is 1. The molecule has 1 fully saturated rings. The van der Waals surface area contributed by atoms with Crippen LogP contribution in [0.25, 0.3) is 0 Å². The van der Waals surface area contributed by atoms with Gasteiger partial charge in [0.25, 0.3) is 0 Å². The zero-order valence-electron chi connectivity index (χ0n) is 8.14. The van der Waals surface area contributed by atoms with E-state index >= 15 is 0 Å². The summed E-state index contributed by atoms with van der Waals surface area (Å²) in [5, 5.41) is 3.48. The fraction of sp³-hybridized carbons (Fsp3) is 1.00. The van der Waals surface area contributed by atoms with Gasteiger partial charge in [-0.15, -0.1) is 0 Å². The molecule has 2 heteroatoms. The molecule has 0 spiro atoms. The minimum absolute atomic E-state index is 0.887. The highest BCUT2D eigenvalue weighted by atomic mass is 16.5. The van der Waals surface area contributed by atoms with E-state index in [0.717, 1.165) is 25.5 Å². The molecule has 0 atom stereocenters. The molecule has 0 radical (unpaired) electrons. The maximum Gasteiger partial charge on any atom is 0.0474 e. The largest absolute Gasteiger partial charge is 0.385 e. The van der Waals surface area contributed by atoms with Crippen molar-refractivity contribution in [2.24, 2.45) is 5.92 Å². The molecule has 2 nitrogen and oxygen atoms in total. The molecule has 0 aromatic rings. The smallest absolute Gasteiger partial charge is 0.0474 e. The van der Waals surface area contributed by atoms with Gasteiger partial charge in [-0.05, 0) is 38.3 Å². The first-order chi connectivity index (χ1) is 5.93. The Morgan fingerprint density at radius 2 is 2.08 bits per heavy atom. The van der Waals surface area contributed by atoms with Crippen LogP contribution in [-0.2, 0) is 4.74 Å². The van der Waals surface area contributed by atoms with Crippen LogP contribution in [0.4, 0.5) is 0 Å². The number of hydrogen-bond acceptors (Lipinski definition) is 2. The Kier molecular flexibility index (Phi) is 5.37. The van der Waals surface area contributed by atoms with Crippen molar-refractivity contribution in [1.29, 1.82) is 0 Å². The van der Waals surface area contributed by atoms with Crippen molar-refractivity contribution in [3.63, 3.8) is 0 Å². The van der Waals surface area contributed by atoms with Gasteiger partial charge in [0.15, 0.2) is 0 Å². The third-order valence-corrected chi connectivity index (χ3v) is 2.61. The Labute approximate surface area is 75.7 Å². The molecule has 0 aromatic heterocycles. The second-order valence-electron chi connectivity index (χ2n) is 3.70. The summed E-state index contributed by atoms with van der Waals surface area (Å²) in [4.78, 5) is 0. The minimum atomic E-state index is 0.887. The zero-order chi connectivity index (χ0) is 8.65. The fourth-order valence-corrected chi connectivity index (χ4v) is 1.86. The monoisotopic (exact) mass is 171 g/mol. The topological polar surface area (TPSA) is 21.3 Å². The van der Waals surface area contributed by atoms with Crippen LogP contribution in [-0.4, -0.2) is 26.8 Å². The van der Waals surface area contributed by atoms with Gasteiger partial charge < -0.3 is 10.1 Å². The van der Waals surface area contributed by atoms with E-state index in [9.17, 15) is 0 Å². The van der Waals surface area contributed by atoms with Gasteiger partial charge >= 0.3 is 0 Å². The van der Waals surface area contributed by atoms with Crippen molar-refractivity contribution in [3.8, 4) is 0 Å². The molecule has 12 heavy (non-hydrogen) atoms. The van der Waals surface area contributed by atoms with Gasteiger partial charge in [-0.2, -0.15) is 0 Å². The average Bonchev–Trinajstić information content (AvgIpc) is 2.57. The SMILES string of the molecule is COCCCNCC1CCCC1. The Morgan fingerprint density at radius 3 is 2.75 bits per heavy atom. The molecule has 0 unspecified atom stereocenters. The molecule has 1 saturated carbocycles. The van der Waals surface area contributed by atoms with E-state index in [1.165, 1.54) is 32.2 Å². The molecular formula is C10H21NO. The van der Waals surface area contributed by atoms with Gasteiger partial charge in [0.1, 0.15) is 0 Å². The van der Waals surface area contributed by atoms with E-state index in [1.807, 2.05) is 0 Å². The third-order valence-electron chi connectivity index (χ3n) is 2.61. The van der Waals surface area contributed by atoms with Crippen LogP contribution in [0.1, 0.15) is 32.1 Å². The summed E-state index contributed by atoms with van der Waals surface area (Å²) < 4.78 is 4.97. The van der Waals surface area contributed by atoms with E-state index in [4.69, 9.17) is 4.74 Å². The Hall–Kier alpha value is -0.0800. The van der Waals surface area contributed by atoms with Gasteiger partial charge in [0.2, 0.25) is 0 Å². The van der Waals surface area contributed by atoms with Crippen molar-refractivity contribution >= 4 is 0 Å². The van der Waals surface area contributed by atoms with Crippen molar-refractivity contribution in [2.45, 2.75) is 32.1 Å². The highest BCUT2D eigenvalue weighted by Crippen LogP contribution is 2.23. The summed E-state index contributed by atoms with van der Waals surface area (Å²) >= 11 is 0. The van der Waals surface area contributed by atoms with Gasteiger partial charge in [-0.1, -0.05) is 12.8 Å². The van der Waals surface area contributed by atoms with Crippen LogP contribution < -0.4 is 5.32 Å². The molecule has 0 aromatic carbocycles. The van der Waals surface area contributed by atoms with Gasteiger partial charge in [0.05, 0.1) is 0 Å². The maximum absolute atomic E-state index is 4.97. The van der Waals surface area contributed by atoms with Crippen molar-refractivity contribution in [1.82, 2.24) is 5.32 Å². The van der Waals surface area contributed by atoms with Crippen LogP contribution in [0.15, 0.2) is 0 Å². The van der Waals surface area contributed by atoms with Crippen LogP contribution in [0.2, 0.25) is 0 Å². The Morgan fingerprint density at radius 1 is 1.33 bits per heavy atom. The number of ether oxygens (including phenoxy) is 1. The minimum Gasteiger partial charge on any atom is -0.385 e. The van der Waals surface area contributed by atoms with E-state index in [0.29, 0.717) is 0 Å². The maximum atomic E-state index is 4.97. The summed E-state index contributed by atoms with van der Waals surface area (Å²) in [6.45, 7) is 3.23. The second-order valence-corrected chi connectivity index (χ2v) is 3.70. The van der Waals surface area contributed by atoms with Crippen LogP contribution in [0.5, 0.6) is 0 Å². The van der Waals surface area contributed by atoms with Crippen molar-refractivity contribution in [2.75, 3.05) is 26.8 Å². The molecule has 0 aliphatic heterocycles. The summed E-state index contributed by atoms with van der Waals surface area (Å²) in [5.74, 6) is 0.965. The van der Waals surface area contributed by atoms with Crippen LogP contribution >= 0.6 is 0 Å². The quantitative estimate of drug-likeness (QED) is 0.615. The molecule has 0 bridgehead atoms. The third kappa shape index (κ3) is 4.07. The summed E-state index contributed by atoms with van der Waals surface area (Å²) in [5.41, 5.74) is 0. The zero-order valence-corrected chi connectivity index (χ0v) is 8.14. The normalized spacial score (nSPS) is 18.8. The summed E-state index contributed by atoms with van der Waals surface area (Å²) in [7, 11) is 1.76. The van der Waals surface area contributed by atoms with E-state index < -0.39 is 0 Å². The predicted octanol–water partition coefficient (Wildman–Crippen LogP) is 1.80. The van der Waals surface area contributed by atoms with Crippen molar-refractivity contribution < 1.29 is 4.74 Å². The lowest BCUT2D eigenvalue weighted by atomic mass is 10.1. The van der Waals surface area contributed by atoms with E-state index in [2.05, 4.69) is 5.32 Å². The standard InChI is InChI=1S/C10H21NO/c1-12-8-4-7-11-9-10-5-2-3-6-10/h10-11H,2-9H2,1H3. The molecule has 0 amide bonds. The predicted molar refractivity (Wildman–Crippen MR) is 51.3 cm³/mol. The average molecular weight is 171 g/mol. The van der Waals surface area contributed by atoms with Gasteiger partial charge in [-0.3, -0.25) is 0 Å². The second kappa shape index (κ2) is 6.44.